The maximum absolute atomic E-state index is 12.6. The normalized spacial score (nSPS) is 15.1. The van der Waals surface area contributed by atoms with E-state index >= 15 is 0 Å². The second kappa shape index (κ2) is 5.41. The van der Waals surface area contributed by atoms with Crippen LogP contribution >= 0.6 is 15.9 Å². The van der Waals surface area contributed by atoms with Crippen LogP contribution in [0, 0.1) is 11.3 Å². The van der Waals surface area contributed by atoms with E-state index < -0.39 is 11.7 Å². The molecule has 0 amide bonds. The molecule has 0 N–H and O–H groups in total. The maximum atomic E-state index is 12.6. The van der Waals surface area contributed by atoms with E-state index in [4.69, 9.17) is 5.26 Å². The van der Waals surface area contributed by atoms with Gasteiger partial charge >= 0.3 is 6.18 Å². The van der Waals surface area contributed by atoms with Gasteiger partial charge in [-0.15, -0.1) is 0 Å². The Balaban J connectivity index is 2.26. The summed E-state index contributed by atoms with van der Waals surface area (Å²) in [5, 5.41) is 8.65. The summed E-state index contributed by atoms with van der Waals surface area (Å²) in [6, 6.07) is 6.07. The van der Waals surface area contributed by atoms with Crippen molar-refractivity contribution in [1.29, 1.82) is 5.26 Å². The molecule has 6 heteroatoms. The van der Waals surface area contributed by atoms with Gasteiger partial charge in [-0.3, -0.25) is 0 Å². The van der Waals surface area contributed by atoms with Crippen LogP contribution in [0.3, 0.4) is 0 Å². The van der Waals surface area contributed by atoms with Gasteiger partial charge in [0, 0.05) is 17.1 Å². The highest BCUT2D eigenvalue weighted by Crippen LogP contribution is 2.39. The molecule has 1 saturated carbocycles. The SMILES string of the molecule is N#CCCN(c1ccc(C(F)(F)F)cc1Br)C1CC1. The fourth-order valence-corrected chi connectivity index (χ4v) is 2.58. The summed E-state index contributed by atoms with van der Waals surface area (Å²) in [4.78, 5) is 2.01. The topological polar surface area (TPSA) is 27.0 Å². The Kier molecular flexibility index (Phi) is 4.04. The lowest BCUT2D eigenvalue weighted by molar-refractivity contribution is -0.137. The Labute approximate surface area is 117 Å². The Bertz CT molecular complexity index is 504. The van der Waals surface area contributed by atoms with Crippen LogP contribution in [0.5, 0.6) is 0 Å². The van der Waals surface area contributed by atoms with Gasteiger partial charge in [-0.2, -0.15) is 18.4 Å². The van der Waals surface area contributed by atoms with E-state index in [9.17, 15) is 13.2 Å². The largest absolute Gasteiger partial charge is 0.416 e. The van der Waals surface area contributed by atoms with E-state index in [0.717, 1.165) is 30.7 Å². The summed E-state index contributed by atoms with van der Waals surface area (Å²) < 4.78 is 38.2. The molecule has 0 saturated heterocycles. The number of rotatable bonds is 4. The van der Waals surface area contributed by atoms with Crippen LogP contribution < -0.4 is 4.90 Å². The van der Waals surface area contributed by atoms with Gasteiger partial charge < -0.3 is 4.90 Å². The number of nitrogens with zero attached hydrogens (tertiary/aromatic N) is 2. The number of benzene rings is 1. The molecule has 0 atom stereocenters. The zero-order chi connectivity index (χ0) is 14.0. The lowest BCUT2D eigenvalue weighted by Crippen LogP contribution is -2.27. The summed E-state index contributed by atoms with van der Waals surface area (Å²) in [7, 11) is 0. The van der Waals surface area contributed by atoms with Gasteiger partial charge in [0.25, 0.3) is 0 Å². The summed E-state index contributed by atoms with van der Waals surface area (Å²) >= 11 is 3.20. The van der Waals surface area contributed by atoms with Gasteiger partial charge in [0.05, 0.1) is 23.7 Å². The predicted molar refractivity (Wildman–Crippen MR) is 69.7 cm³/mol. The number of halogens is 4. The van der Waals surface area contributed by atoms with E-state index in [1.807, 2.05) is 4.90 Å². The van der Waals surface area contributed by atoms with Crippen LogP contribution in [-0.2, 0) is 6.18 Å². The number of hydrogen-bond acceptors (Lipinski definition) is 2. The second-order valence-corrected chi connectivity index (χ2v) is 5.35. The highest BCUT2D eigenvalue weighted by atomic mass is 79.9. The van der Waals surface area contributed by atoms with Crippen molar-refractivity contribution in [3.63, 3.8) is 0 Å². The van der Waals surface area contributed by atoms with Gasteiger partial charge in [-0.25, -0.2) is 0 Å². The van der Waals surface area contributed by atoms with Gasteiger partial charge in [0.1, 0.15) is 0 Å². The van der Waals surface area contributed by atoms with Crippen LogP contribution in [0.1, 0.15) is 24.8 Å². The van der Waals surface area contributed by atoms with Gasteiger partial charge in [-0.05, 0) is 47.0 Å². The summed E-state index contributed by atoms with van der Waals surface area (Å²) in [6.07, 6.45) is -1.92. The van der Waals surface area contributed by atoms with Crippen molar-refractivity contribution in [2.45, 2.75) is 31.5 Å². The van der Waals surface area contributed by atoms with Crippen LogP contribution in [-0.4, -0.2) is 12.6 Å². The molecule has 1 aromatic carbocycles. The molecule has 1 aliphatic rings. The molecule has 1 fully saturated rings. The zero-order valence-corrected chi connectivity index (χ0v) is 11.6. The second-order valence-electron chi connectivity index (χ2n) is 4.50. The summed E-state index contributed by atoms with van der Waals surface area (Å²) in [5.41, 5.74) is 0.0601. The van der Waals surface area contributed by atoms with Crippen LogP contribution in [0.25, 0.3) is 0 Å². The third kappa shape index (κ3) is 3.41. The molecule has 102 valence electrons. The van der Waals surface area contributed by atoms with Crippen molar-refractivity contribution in [2.24, 2.45) is 0 Å². The average Bonchev–Trinajstić information content (AvgIpc) is 3.14. The Hall–Kier alpha value is -1.22. The summed E-state index contributed by atoms with van der Waals surface area (Å²) in [5.74, 6) is 0. The van der Waals surface area contributed by atoms with Crippen LogP contribution in [0.2, 0.25) is 0 Å². The van der Waals surface area contributed by atoms with Gasteiger partial charge in [0.2, 0.25) is 0 Å². The zero-order valence-electron chi connectivity index (χ0n) is 10.0. The van der Waals surface area contributed by atoms with Crippen LogP contribution in [0.15, 0.2) is 22.7 Å². The molecule has 0 heterocycles. The van der Waals surface area contributed by atoms with Crippen molar-refractivity contribution in [3.05, 3.63) is 28.2 Å². The molecular formula is C13H12BrF3N2. The predicted octanol–water partition coefficient (Wildman–Crippen LogP) is 4.35. The molecule has 0 aliphatic heterocycles. The maximum Gasteiger partial charge on any atom is 0.416 e. The minimum atomic E-state index is -4.34. The Morgan fingerprint density at radius 3 is 2.53 bits per heavy atom. The number of anilines is 1. The number of alkyl halides is 3. The Morgan fingerprint density at radius 1 is 1.37 bits per heavy atom. The van der Waals surface area contributed by atoms with Crippen molar-refractivity contribution in [3.8, 4) is 6.07 Å². The summed E-state index contributed by atoms with van der Waals surface area (Å²) in [6.45, 7) is 0.547. The molecule has 2 nitrogen and oxygen atoms in total. The van der Waals surface area contributed by atoms with E-state index in [2.05, 4.69) is 22.0 Å². The smallest absolute Gasteiger partial charge is 0.367 e. The molecule has 19 heavy (non-hydrogen) atoms. The molecule has 0 radical (unpaired) electrons. The van der Waals surface area contributed by atoms with Crippen LogP contribution in [0.4, 0.5) is 18.9 Å². The number of nitriles is 1. The molecule has 0 bridgehead atoms. The quantitative estimate of drug-likeness (QED) is 0.819. The first-order valence-electron chi connectivity index (χ1n) is 5.94. The fourth-order valence-electron chi connectivity index (χ4n) is 1.97. The van der Waals surface area contributed by atoms with E-state index in [1.165, 1.54) is 6.07 Å². The number of hydrogen-bond donors (Lipinski definition) is 0. The monoisotopic (exact) mass is 332 g/mol. The molecule has 0 spiro atoms. The highest BCUT2D eigenvalue weighted by Gasteiger charge is 2.33. The van der Waals surface area contributed by atoms with Crippen molar-refractivity contribution in [2.75, 3.05) is 11.4 Å². The molecule has 1 aliphatic carbocycles. The van der Waals surface area contributed by atoms with Crippen molar-refractivity contribution < 1.29 is 13.2 Å². The first-order valence-corrected chi connectivity index (χ1v) is 6.73. The van der Waals surface area contributed by atoms with E-state index in [1.54, 1.807) is 0 Å². The van der Waals surface area contributed by atoms with Gasteiger partial charge in [-0.1, -0.05) is 0 Å². The van der Waals surface area contributed by atoms with Crippen molar-refractivity contribution in [1.82, 2.24) is 0 Å². The lowest BCUT2D eigenvalue weighted by Gasteiger charge is -2.25. The standard InChI is InChI=1S/C13H12BrF3N2/c14-11-8-9(13(15,16)17)2-5-12(11)19(7-1-6-18)10-3-4-10/h2,5,8,10H,1,3-4,7H2. The highest BCUT2D eigenvalue weighted by molar-refractivity contribution is 9.10. The molecule has 0 unspecified atom stereocenters. The van der Waals surface area contributed by atoms with E-state index in [-0.39, 0.29) is 0 Å². The molecule has 2 rings (SSSR count). The van der Waals surface area contributed by atoms with E-state index in [0.29, 0.717) is 23.5 Å². The Morgan fingerprint density at radius 2 is 2.05 bits per heavy atom. The third-order valence-electron chi connectivity index (χ3n) is 3.04. The minimum absolute atomic E-state index is 0.349. The molecular weight excluding hydrogens is 321 g/mol. The van der Waals surface area contributed by atoms with Gasteiger partial charge in [0.15, 0.2) is 0 Å². The minimum Gasteiger partial charge on any atom is -0.367 e. The fraction of sp³-hybridized carbons (Fsp3) is 0.462. The average molecular weight is 333 g/mol. The van der Waals surface area contributed by atoms with Crippen molar-refractivity contribution >= 4 is 21.6 Å². The molecule has 0 aromatic heterocycles. The third-order valence-corrected chi connectivity index (χ3v) is 3.67. The first-order chi connectivity index (χ1) is 8.93. The first kappa shape index (κ1) is 14.2. The lowest BCUT2D eigenvalue weighted by atomic mass is 10.2. The molecule has 1 aromatic rings.